The molecule has 8 aromatic carbocycles. The number of aromatic nitrogens is 2. The SMILES string of the molecule is c1ccc(-c2cc(-c3cc(-c4ccc5sc6ccccc6c5c4)cc(-c4cccc5ccccc45)c3)nc(-c3ccccc3-c3ccccc3)n2)cc1. The molecule has 53 heavy (non-hydrogen) atoms. The summed E-state index contributed by atoms with van der Waals surface area (Å²) in [4.78, 5) is 10.6. The lowest BCUT2D eigenvalue weighted by Crippen LogP contribution is -1.98. The summed E-state index contributed by atoms with van der Waals surface area (Å²) in [6.45, 7) is 0. The summed E-state index contributed by atoms with van der Waals surface area (Å²) in [7, 11) is 0. The van der Waals surface area contributed by atoms with E-state index in [2.05, 4.69) is 188 Å². The Morgan fingerprint density at radius 3 is 1.72 bits per heavy atom. The summed E-state index contributed by atoms with van der Waals surface area (Å²) < 4.78 is 2.60. The van der Waals surface area contributed by atoms with Gasteiger partial charge in [0.2, 0.25) is 0 Å². The summed E-state index contributed by atoms with van der Waals surface area (Å²) in [6, 6.07) is 69.3. The van der Waals surface area contributed by atoms with Gasteiger partial charge in [0, 0.05) is 36.9 Å². The minimum Gasteiger partial charge on any atom is -0.228 e. The van der Waals surface area contributed by atoms with Crippen LogP contribution in [-0.2, 0) is 0 Å². The Balaban J connectivity index is 1.23. The summed E-state index contributed by atoms with van der Waals surface area (Å²) >= 11 is 1.85. The van der Waals surface area contributed by atoms with Crippen LogP contribution in [0.15, 0.2) is 194 Å². The molecule has 248 valence electrons. The van der Waals surface area contributed by atoms with Gasteiger partial charge in [0.05, 0.1) is 11.4 Å². The van der Waals surface area contributed by atoms with Crippen LogP contribution < -0.4 is 0 Å². The monoisotopic (exact) mass is 692 g/mol. The normalized spacial score (nSPS) is 11.4. The number of hydrogen-bond acceptors (Lipinski definition) is 3. The lowest BCUT2D eigenvalue weighted by atomic mass is 9.91. The van der Waals surface area contributed by atoms with Crippen LogP contribution in [0.25, 0.3) is 98.2 Å². The van der Waals surface area contributed by atoms with Gasteiger partial charge in [-0.15, -0.1) is 11.3 Å². The molecular formula is C50H32N2S. The van der Waals surface area contributed by atoms with Crippen molar-refractivity contribution in [2.75, 3.05) is 0 Å². The third-order valence-electron chi connectivity index (χ3n) is 10.1. The number of fused-ring (bicyclic) bond motifs is 4. The van der Waals surface area contributed by atoms with E-state index in [0.29, 0.717) is 5.82 Å². The Labute approximate surface area is 312 Å². The van der Waals surface area contributed by atoms with Crippen molar-refractivity contribution >= 4 is 42.3 Å². The van der Waals surface area contributed by atoms with E-state index in [4.69, 9.17) is 9.97 Å². The molecule has 0 radical (unpaired) electrons. The quantitative estimate of drug-likeness (QED) is 0.173. The number of nitrogens with zero attached hydrogens (tertiary/aromatic N) is 2. The molecule has 0 saturated carbocycles. The van der Waals surface area contributed by atoms with Crippen LogP contribution in [0.1, 0.15) is 0 Å². The van der Waals surface area contributed by atoms with Gasteiger partial charge in [0.1, 0.15) is 0 Å². The highest BCUT2D eigenvalue weighted by Crippen LogP contribution is 2.40. The van der Waals surface area contributed by atoms with Gasteiger partial charge in [-0.2, -0.15) is 0 Å². The molecule has 2 nitrogen and oxygen atoms in total. The molecule has 0 atom stereocenters. The Morgan fingerprint density at radius 2 is 0.887 bits per heavy atom. The van der Waals surface area contributed by atoms with Crippen molar-refractivity contribution in [3.8, 4) is 67.3 Å². The number of rotatable bonds is 6. The molecule has 0 amide bonds. The minimum absolute atomic E-state index is 0.698. The molecule has 2 heterocycles. The van der Waals surface area contributed by atoms with Crippen molar-refractivity contribution in [2.45, 2.75) is 0 Å². The minimum atomic E-state index is 0.698. The van der Waals surface area contributed by atoms with E-state index in [-0.39, 0.29) is 0 Å². The average Bonchev–Trinajstić information content (AvgIpc) is 3.62. The van der Waals surface area contributed by atoms with Crippen LogP contribution in [0.2, 0.25) is 0 Å². The van der Waals surface area contributed by atoms with Crippen LogP contribution in [-0.4, -0.2) is 9.97 Å². The molecule has 0 saturated heterocycles. The third-order valence-corrected chi connectivity index (χ3v) is 11.2. The van der Waals surface area contributed by atoms with E-state index in [9.17, 15) is 0 Å². The summed E-state index contributed by atoms with van der Waals surface area (Å²) in [5.41, 5.74) is 11.8. The Morgan fingerprint density at radius 1 is 0.302 bits per heavy atom. The van der Waals surface area contributed by atoms with E-state index < -0.39 is 0 Å². The predicted octanol–water partition coefficient (Wildman–Crippen LogP) is 14.0. The van der Waals surface area contributed by atoms with Crippen LogP contribution in [0, 0.1) is 0 Å². The van der Waals surface area contributed by atoms with Crippen molar-refractivity contribution in [3.05, 3.63) is 194 Å². The Hall–Kier alpha value is -6.68. The van der Waals surface area contributed by atoms with Crippen LogP contribution in [0.3, 0.4) is 0 Å². The fraction of sp³-hybridized carbons (Fsp3) is 0. The van der Waals surface area contributed by atoms with E-state index in [1.54, 1.807) is 0 Å². The zero-order valence-electron chi connectivity index (χ0n) is 28.8. The molecule has 2 aromatic heterocycles. The Bertz CT molecular complexity index is 2940. The highest BCUT2D eigenvalue weighted by molar-refractivity contribution is 7.25. The highest BCUT2D eigenvalue weighted by Gasteiger charge is 2.17. The van der Waals surface area contributed by atoms with Crippen molar-refractivity contribution < 1.29 is 0 Å². The molecule has 10 aromatic rings. The fourth-order valence-electron chi connectivity index (χ4n) is 7.50. The second kappa shape index (κ2) is 13.1. The van der Waals surface area contributed by atoms with E-state index in [1.807, 2.05) is 17.4 Å². The van der Waals surface area contributed by atoms with Crippen molar-refractivity contribution in [1.82, 2.24) is 9.97 Å². The third kappa shape index (κ3) is 5.78. The van der Waals surface area contributed by atoms with Crippen LogP contribution >= 0.6 is 11.3 Å². The van der Waals surface area contributed by atoms with E-state index in [0.717, 1.165) is 50.3 Å². The fourth-order valence-corrected chi connectivity index (χ4v) is 8.59. The number of hydrogen-bond donors (Lipinski definition) is 0. The van der Waals surface area contributed by atoms with Crippen molar-refractivity contribution in [2.24, 2.45) is 0 Å². The van der Waals surface area contributed by atoms with E-state index in [1.165, 1.54) is 42.1 Å². The van der Waals surface area contributed by atoms with Gasteiger partial charge >= 0.3 is 0 Å². The van der Waals surface area contributed by atoms with Gasteiger partial charge in [0.25, 0.3) is 0 Å². The first kappa shape index (κ1) is 31.1. The molecule has 0 bridgehead atoms. The van der Waals surface area contributed by atoms with Gasteiger partial charge in [0.15, 0.2) is 5.82 Å². The number of benzene rings is 8. The molecule has 10 rings (SSSR count). The zero-order valence-corrected chi connectivity index (χ0v) is 29.6. The smallest absolute Gasteiger partial charge is 0.161 e. The largest absolute Gasteiger partial charge is 0.228 e. The van der Waals surface area contributed by atoms with Crippen LogP contribution in [0.4, 0.5) is 0 Å². The zero-order chi connectivity index (χ0) is 35.1. The van der Waals surface area contributed by atoms with Gasteiger partial charge in [-0.3, -0.25) is 0 Å². The molecular weight excluding hydrogens is 661 g/mol. The van der Waals surface area contributed by atoms with Crippen molar-refractivity contribution in [1.29, 1.82) is 0 Å². The molecule has 0 aliphatic heterocycles. The maximum absolute atomic E-state index is 5.39. The lowest BCUT2D eigenvalue weighted by Gasteiger charge is -2.15. The lowest BCUT2D eigenvalue weighted by molar-refractivity contribution is 1.18. The maximum Gasteiger partial charge on any atom is 0.161 e. The topological polar surface area (TPSA) is 25.8 Å². The summed E-state index contributed by atoms with van der Waals surface area (Å²) in [6.07, 6.45) is 0. The van der Waals surface area contributed by atoms with Crippen LogP contribution in [0.5, 0.6) is 0 Å². The Kier molecular flexibility index (Phi) is 7.71. The molecule has 0 N–H and O–H groups in total. The first-order chi connectivity index (χ1) is 26.2. The predicted molar refractivity (Wildman–Crippen MR) is 225 cm³/mol. The molecule has 3 heteroatoms. The van der Waals surface area contributed by atoms with Gasteiger partial charge in [-0.1, -0.05) is 152 Å². The van der Waals surface area contributed by atoms with Gasteiger partial charge in [-0.05, 0) is 86.6 Å². The van der Waals surface area contributed by atoms with Gasteiger partial charge in [-0.25, -0.2) is 9.97 Å². The maximum atomic E-state index is 5.39. The molecule has 0 aliphatic carbocycles. The molecule has 0 spiro atoms. The second-order valence-corrected chi connectivity index (χ2v) is 14.5. The number of thiophene rings is 1. The first-order valence-electron chi connectivity index (χ1n) is 17.9. The van der Waals surface area contributed by atoms with Gasteiger partial charge < -0.3 is 0 Å². The second-order valence-electron chi connectivity index (χ2n) is 13.4. The molecule has 0 aliphatic rings. The van der Waals surface area contributed by atoms with E-state index >= 15 is 0 Å². The summed E-state index contributed by atoms with van der Waals surface area (Å²) in [5.74, 6) is 0.698. The summed E-state index contributed by atoms with van der Waals surface area (Å²) in [5, 5.41) is 5.03. The molecule has 0 unspecified atom stereocenters. The standard InChI is InChI=1S/C50H32N2S/c1-3-14-33(15-4-1)41-21-9-10-23-44(41)50-51-46(35-17-5-2-6-18-35)32-47(52-50)39-29-37(28-38(30-39)42-24-13-19-34-16-7-8-20-40(34)42)36-26-27-49-45(31-36)43-22-11-12-25-48(43)53-49/h1-32H. The average molecular weight is 693 g/mol. The first-order valence-corrected chi connectivity index (χ1v) is 18.7. The van der Waals surface area contributed by atoms with Crippen molar-refractivity contribution in [3.63, 3.8) is 0 Å². The molecule has 0 fully saturated rings. The highest BCUT2D eigenvalue weighted by atomic mass is 32.1.